The first-order valence-corrected chi connectivity index (χ1v) is 6.24. The number of halogens is 6. The number of hydrogen-bond donors (Lipinski definition) is 2. The highest BCUT2D eigenvalue weighted by Crippen LogP contribution is 2.33. The van der Waals surface area contributed by atoms with Gasteiger partial charge in [-0.1, -0.05) is 5.16 Å². The van der Waals surface area contributed by atoms with E-state index in [-0.39, 0.29) is 5.03 Å². The summed E-state index contributed by atoms with van der Waals surface area (Å²) < 4.78 is 74.7. The molecule has 1 aromatic rings. The molecule has 0 bridgehead atoms. The van der Waals surface area contributed by atoms with E-state index in [1.54, 1.807) is 0 Å². The third-order valence-electron chi connectivity index (χ3n) is 2.33. The summed E-state index contributed by atoms with van der Waals surface area (Å²) in [6.07, 6.45) is -8.79. The van der Waals surface area contributed by atoms with Crippen LogP contribution in [-0.4, -0.2) is 28.0 Å². The Morgan fingerprint density at radius 2 is 1.90 bits per heavy atom. The van der Waals surface area contributed by atoms with Crippen LogP contribution in [0.2, 0.25) is 0 Å². The van der Waals surface area contributed by atoms with Gasteiger partial charge in [-0.25, -0.2) is 4.98 Å². The maximum Gasteiger partial charge on any atom is 0.417 e. The van der Waals surface area contributed by atoms with Crippen molar-refractivity contribution >= 4 is 17.6 Å². The molecule has 0 radical (unpaired) electrons. The Morgan fingerprint density at radius 3 is 2.29 bits per heavy atom. The summed E-state index contributed by atoms with van der Waals surface area (Å²) in [5.74, 6) is -3.92. The van der Waals surface area contributed by atoms with E-state index in [0.717, 1.165) is 6.07 Å². The van der Waals surface area contributed by atoms with Crippen LogP contribution in [0.3, 0.4) is 0 Å². The molecule has 0 aromatic carbocycles. The molecule has 11 heteroatoms. The van der Waals surface area contributed by atoms with Crippen LogP contribution in [0.5, 0.6) is 0 Å². The van der Waals surface area contributed by atoms with Crippen LogP contribution in [-0.2, 0) is 6.18 Å². The summed E-state index contributed by atoms with van der Waals surface area (Å²) in [7, 11) is 0. The minimum atomic E-state index is -4.74. The predicted octanol–water partition coefficient (Wildman–Crippen LogP) is 3.12. The van der Waals surface area contributed by atoms with E-state index in [0.29, 0.717) is 24.0 Å². The number of amidine groups is 1. The Kier molecular flexibility index (Phi) is 5.31. The third kappa shape index (κ3) is 4.99. The SMILES string of the molecule is N/C(=N/O)C(CSc1ccc(C(F)(F)F)cn1)C(F)(F)F. The smallest absolute Gasteiger partial charge is 0.409 e. The average molecular weight is 333 g/mol. The van der Waals surface area contributed by atoms with E-state index in [4.69, 9.17) is 10.9 Å². The Bertz CT molecular complexity index is 499. The number of alkyl halides is 6. The standard InChI is InChI=1S/C10H9F6N3OS/c11-9(12,13)5-1-2-7(18-3-5)21-4-6(8(17)19-20)10(14,15)16/h1-3,6,20H,4H2,(H2,17,19). The molecule has 0 aliphatic carbocycles. The minimum absolute atomic E-state index is 0.0389. The van der Waals surface area contributed by atoms with Crippen LogP contribution in [0.1, 0.15) is 5.56 Å². The van der Waals surface area contributed by atoms with Gasteiger partial charge in [-0.2, -0.15) is 26.3 Å². The van der Waals surface area contributed by atoms with E-state index in [1.807, 2.05) is 0 Å². The molecule has 1 rings (SSSR count). The quantitative estimate of drug-likeness (QED) is 0.222. The molecule has 1 aromatic heterocycles. The largest absolute Gasteiger partial charge is 0.417 e. The number of hydrogen-bond acceptors (Lipinski definition) is 4. The van der Waals surface area contributed by atoms with Gasteiger partial charge in [0.05, 0.1) is 10.6 Å². The first-order chi connectivity index (χ1) is 9.55. The molecule has 0 aliphatic heterocycles. The number of oxime groups is 1. The normalized spacial score (nSPS) is 15.0. The highest BCUT2D eigenvalue weighted by atomic mass is 32.2. The lowest BCUT2D eigenvalue weighted by Crippen LogP contribution is -2.37. The molecule has 1 unspecified atom stereocenters. The number of nitrogens with two attached hydrogens (primary N) is 1. The van der Waals surface area contributed by atoms with Crippen molar-refractivity contribution in [3.05, 3.63) is 23.9 Å². The average Bonchev–Trinajstić information content (AvgIpc) is 2.36. The second-order valence-electron chi connectivity index (χ2n) is 3.81. The van der Waals surface area contributed by atoms with Crippen LogP contribution in [0.15, 0.2) is 28.5 Å². The first-order valence-electron chi connectivity index (χ1n) is 5.26. The summed E-state index contributed by atoms with van der Waals surface area (Å²) in [5, 5.41) is 10.6. The number of thioether (sulfide) groups is 1. The van der Waals surface area contributed by atoms with Gasteiger partial charge in [-0.15, -0.1) is 11.8 Å². The Morgan fingerprint density at radius 1 is 1.29 bits per heavy atom. The van der Waals surface area contributed by atoms with Crippen molar-refractivity contribution in [1.29, 1.82) is 0 Å². The molecule has 0 aliphatic rings. The highest BCUT2D eigenvalue weighted by molar-refractivity contribution is 7.99. The van der Waals surface area contributed by atoms with Crippen molar-refractivity contribution in [2.75, 3.05) is 5.75 Å². The third-order valence-corrected chi connectivity index (χ3v) is 3.37. The molecule has 118 valence electrons. The molecule has 0 spiro atoms. The number of nitrogens with zero attached hydrogens (tertiary/aromatic N) is 2. The summed E-state index contributed by atoms with van der Waals surface area (Å²) in [4.78, 5) is 3.42. The van der Waals surface area contributed by atoms with Crippen molar-refractivity contribution in [2.24, 2.45) is 16.8 Å². The molecular weight excluding hydrogens is 324 g/mol. The monoisotopic (exact) mass is 333 g/mol. The fourth-order valence-electron chi connectivity index (χ4n) is 1.22. The molecule has 1 atom stereocenters. The van der Waals surface area contributed by atoms with Gasteiger partial charge in [-0.3, -0.25) is 0 Å². The zero-order chi connectivity index (χ0) is 16.3. The lowest BCUT2D eigenvalue weighted by molar-refractivity contribution is -0.150. The summed E-state index contributed by atoms with van der Waals surface area (Å²) >= 11 is 0.548. The van der Waals surface area contributed by atoms with Crippen molar-refractivity contribution < 1.29 is 31.5 Å². The highest BCUT2D eigenvalue weighted by Gasteiger charge is 2.42. The van der Waals surface area contributed by atoms with Gasteiger partial charge < -0.3 is 10.9 Å². The van der Waals surface area contributed by atoms with Gasteiger partial charge in [-0.05, 0) is 12.1 Å². The minimum Gasteiger partial charge on any atom is -0.409 e. The molecule has 0 fully saturated rings. The fraction of sp³-hybridized carbons (Fsp3) is 0.400. The lowest BCUT2D eigenvalue weighted by atomic mass is 10.1. The van der Waals surface area contributed by atoms with Crippen LogP contribution in [0.25, 0.3) is 0 Å². The zero-order valence-corrected chi connectivity index (χ0v) is 10.9. The van der Waals surface area contributed by atoms with Crippen molar-refractivity contribution in [3.8, 4) is 0 Å². The lowest BCUT2D eigenvalue weighted by Gasteiger charge is -2.18. The molecule has 1 heterocycles. The Balaban J connectivity index is 2.78. The maximum absolute atomic E-state index is 12.6. The van der Waals surface area contributed by atoms with Crippen molar-refractivity contribution in [1.82, 2.24) is 4.98 Å². The van der Waals surface area contributed by atoms with E-state index >= 15 is 0 Å². The molecule has 0 saturated carbocycles. The van der Waals surface area contributed by atoms with E-state index in [9.17, 15) is 26.3 Å². The zero-order valence-electron chi connectivity index (χ0n) is 10.1. The topological polar surface area (TPSA) is 71.5 Å². The van der Waals surface area contributed by atoms with Gasteiger partial charge in [0, 0.05) is 11.9 Å². The second-order valence-corrected chi connectivity index (χ2v) is 4.85. The van der Waals surface area contributed by atoms with Gasteiger partial charge in [0.15, 0.2) is 5.84 Å². The van der Waals surface area contributed by atoms with Crippen molar-refractivity contribution in [3.63, 3.8) is 0 Å². The Hall–Kier alpha value is -1.65. The summed E-state index contributed by atoms with van der Waals surface area (Å²) in [6.45, 7) is 0. The van der Waals surface area contributed by atoms with E-state index < -0.39 is 35.4 Å². The van der Waals surface area contributed by atoms with E-state index in [1.165, 1.54) is 0 Å². The maximum atomic E-state index is 12.6. The van der Waals surface area contributed by atoms with Gasteiger partial charge in [0.25, 0.3) is 0 Å². The van der Waals surface area contributed by atoms with Crippen LogP contribution in [0, 0.1) is 5.92 Å². The number of aromatic nitrogens is 1. The van der Waals surface area contributed by atoms with E-state index in [2.05, 4.69) is 10.1 Å². The number of pyridine rings is 1. The molecule has 0 saturated heterocycles. The van der Waals surface area contributed by atoms with Crippen LogP contribution < -0.4 is 5.73 Å². The fourth-order valence-corrected chi connectivity index (χ4v) is 2.21. The summed E-state index contributed by atoms with van der Waals surface area (Å²) in [6, 6.07) is 1.66. The molecule has 3 N–H and O–H groups in total. The Labute approximate surface area is 119 Å². The number of rotatable bonds is 4. The molecule has 21 heavy (non-hydrogen) atoms. The summed E-state index contributed by atoms with van der Waals surface area (Å²) in [5.41, 5.74) is 3.94. The predicted molar refractivity (Wildman–Crippen MR) is 62.9 cm³/mol. The van der Waals surface area contributed by atoms with Crippen molar-refractivity contribution in [2.45, 2.75) is 17.4 Å². The molecule has 0 amide bonds. The van der Waals surface area contributed by atoms with Crippen LogP contribution in [0.4, 0.5) is 26.3 Å². The van der Waals surface area contributed by atoms with Gasteiger partial charge in [0.1, 0.15) is 5.92 Å². The second kappa shape index (κ2) is 6.41. The van der Waals surface area contributed by atoms with Gasteiger partial charge >= 0.3 is 12.4 Å². The first kappa shape index (κ1) is 17.4. The van der Waals surface area contributed by atoms with Crippen LogP contribution >= 0.6 is 11.8 Å². The van der Waals surface area contributed by atoms with Gasteiger partial charge in [0.2, 0.25) is 0 Å². The molecular formula is C10H9F6N3OS. The molecule has 4 nitrogen and oxygen atoms in total.